The summed E-state index contributed by atoms with van der Waals surface area (Å²) in [6, 6.07) is 6.91. The van der Waals surface area contributed by atoms with E-state index in [0.717, 1.165) is 22.7 Å². The van der Waals surface area contributed by atoms with Gasteiger partial charge < -0.3 is 15.0 Å². The lowest BCUT2D eigenvalue weighted by atomic mass is 9.84. The maximum Gasteiger partial charge on any atom is 0.123 e. The van der Waals surface area contributed by atoms with Gasteiger partial charge in [-0.15, -0.1) is 0 Å². The minimum Gasteiger partial charge on any atom is -0.494 e. The molecular formula is C16H23BrN2O. The van der Waals surface area contributed by atoms with Crippen LogP contribution >= 0.6 is 15.9 Å². The molecule has 3 aliphatic heterocycles. The van der Waals surface area contributed by atoms with Crippen LogP contribution in [0.1, 0.15) is 25.3 Å². The summed E-state index contributed by atoms with van der Waals surface area (Å²) in [6.07, 6.45) is 2.71. The Kier molecular flexibility index (Phi) is 4.64. The fourth-order valence-corrected chi connectivity index (χ4v) is 3.83. The highest BCUT2D eigenvalue weighted by atomic mass is 79.9. The van der Waals surface area contributed by atoms with Gasteiger partial charge in [0, 0.05) is 29.2 Å². The molecule has 3 saturated heterocycles. The summed E-state index contributed by atoms with van der Waals surface area (Å²) in [7, 11) is 0. The number of fused-ring (bicyclic) bond motifs is 3. The Hall–Kier alpha value is -0.580. The smallest absolute Gasteiger partial charge is 0.123 e. The third-order valence-electron chi connectivity index (χ3n) is 4.53. The van der Waals surface area contributed by atoms with Gasteiger partial charge in [0.1, 0.15) is 5.75 Å². The third kappa shape index (κ3) is 3.18. The fraction of sp³-hybridized carbons (Fsp3) is 0.625. The Morgan fingerprint density at radius 1 is 1.35 bits per heavy atom. The second kappa shape index (κ2) is 6.46. The quantitative estimate of drug-likeness (QED) is 0.892. The summed E-state index contributed by atoms with van der Waals surface area (Å²) in [4.78, 5) is 2.59. The molecule has 2 bridgehead atoms. The summed E-state index contributed by atoms with van der Waals surface area (Å²) in [5.41, 5.74) is 1.25. The molecule has 1 aromatic rings. The summed E-state index contributed by atoms with van der Waals surface area (Å²) in [5.74, 6) is 1.87. The second-order valence-corrected chi connectivity index (χ2v) is 6.73. The molecule has 1 atom stereocenters. The molecule has 0 unspecified atom stereocenters. The first kappa shape index (κ1) is 14.4. The van der Waals surface area contributed by atoms with Crippen LogP contribution in [0.3, 0.4) is 0 Å². The number of halogens is 1. The molecule has 0 amide bonds. The molecule has 20 heavy (non-hydrogen) atoms. The van der Waals surface area contributed by atoms with Crippen LogP contribution in [0.15, 0.2) is 22.7 Å². The van der Waals surface area contributed by atoms with Crippen molar-refractivity contribution in [2.24, 2.45) is 5.92 Å². The molecular weight excluding hydrogens is 316 g/mol. The lowest BCUT2D eigenvalue weighted by Crippen LogP contribution is -2.55. The molecule has 3 heterocycles. The van der Waals surface area contributed by atoms with Crippen LogP contribution in [0.25, 0.3) is 0 Å². The maximum atomic E-state index is 5.72. The van der Waals surface area contributed by atoms with Crippen LogP contribution in [-0.4, -0.2) is 37.2 Å². The molecule has 1 N–H and O–H groups in total. The van der Waals surface area contributed by atoms with Crippen molar-refractivity contribution in [3.05, 3.63) is 28.2 Å². The van der Waals surface area contributed by atoms with Crippen LogP contribution in [0.4, 0.5) is 0 Å². The van der Waals surface area contributed by atoms with Crippen molar-refractivity contribution in [3.63, 3.8) is 0 Å². The van der Waals surface area contributed by atoms with E-state index in [1.165, 1.54) is 38.0 Å². The average Bonchev–Trinajstić information content (AvgIpc) is 2.49. The molecule has 0 spiro atoms. The van der Waals surface area contributed by atoms with Gasteiger partial charge in [-0.1, -0.05) is 15.9 Å². The number of nitrogens with zero attached hydrogens (tertiary/aromatic N) is 1. The largest absolute Gasteiger partial charge is 0.494 e. The summed E-state index contributed by atoms with van der Waals surface area (Å²) in [5, 5.41) is 3.75. The highest BCUT2D eigenvalue weighted by molar-refractivity contribution is 9.10. The van der Waals surface area contributed by atoms with E-state index in [0.29, 0.717) is 12.6 Å². The van der Waals surface area contributed by atoms with E-state index in [9.17, 15) is 0 Å². The molecule has 4 heteroatoms. The molecule has 3 nitrogen and oxygen atoms in total. The van der Waals surface area contributed by atoms with Gasteiger partial charge in [-0.25, -0.2) is 0 Å². The maximum absolute atomic E-state index is 5.72. The van der Waals surface area contributed by atoms with Crippen LogP contribution < -0.4 is 10.1 Å². The van der Waals surface area contributed by atoms with Crippen molar-refractivity contribution in [3.8, 4) is 5.75 Å². The zero-order chi connectivity index (χ0) is 13.9. The highest BCUT2D eigenvalue weighted by Crippen LogP contribution is 2.29. The zero-order valence-electron chi connectivity index (χ0n) is 12.1. The number of nitrogens with one attached hydrogen (secondary N) is 1. The van der Waals surface area contributed by atoms with E-state index in [1.807, 2.05) is 13.0 Å². The van der Waals surface area contributed by atoms with Gasteiger partial charge in [0.25, 0.3) is 0 Å². The van der Waals surface area contributed by atoms with Gasteiger partial charge >= 0.3 is 0 Å². The van der Waals surface area contributed by atoms with Gasteiger partial charge in [0.15, 0.2) is 0 Å². The number of rotatable bonds is 5. The lowest BCUT2D eigenvalue weighted by molar-refractivity contribution is 0.0719. The Balaban J connectivity index is 1.64. The minimum absolute atomic E-state index is 0.644. The third-order valence-corrected chi connectivity index (χ3v) is 5.03. The lowest BCUT2D eigenvalue weighted by Gasteiger charge is -2.45. The van der Waals surface area contributed by atoms with E-state index in [2.05, 4.69) is 38.3 Å². The summed E-state index contributed by atoms with van der Waals surface area (Å²) >= 11 is 3.55. The summed E-state index contributed by atoms with van der Waals surface area (Å²) < 4.78 is 6.84. The molecule has 0 aliphatic carbocycles. The molecule has 1 aromatic carbocycles. The number of benzene rings is 1. The molecule has 3 fully saturated rings. The van der Waals surface area contributed by atoms with Crippen molar-refractivity contribution in [2.75, 3.05) is 26.2 Å². The second-order valence-electron chi connectivity index (χ2n) is 5.81. The molecule has 0 radical (unpaired) electrons. The van der Waals surface area contributed by atoms with Crippen LogP contribution in [0.2, 0.25) is 0 Å². The Bertz CT molecular complexity index is 458. The molecule has 110 valence electrons. The first-order valence-electron chi connectivity index (χ1n) is 7.63. The number of hydrogen-bond donors (Lipinski definition) is 1. The predicted molar refractivity (Wildman–Crippen MR) is 85.1 cm³/mol. The molecule has 0 saturated carbocycles. The van der Waals surface area contributed by atoms with Gasteiger partial charge in [-0.3, -0.25) is 0 Å². The molecule has 4 rings (SSSR count). The normalized spacial score (nSPS) is 28.6. The number of hydrogen-bond acceptors (Lipinski definition) is 3. The standard InChI is InChI=1S/C16H23BrN2O/c1-2-20-16-4-3-14(17)9-13(16)10-18-15-11-19-7-5-12(15)6-8-19/h3-4,9,12,15,18H,2,5-8,10-11H2,1H3/t15-/m1/s1. The fourth-order valence-electron chi connectivity index (χ4n) is 3.42. The van der Waals surface area contributed by atoms with E-state index in [1.54, 1.807) is 0 Å². The monoisotopic (exact) mass is 338 g/mol. The zero-order valence-corrected chi connectivity index (χ0v) is 13.7. The Morgan fingerprint density at radius 3 is 2.80 bits per heavy atom. The van der Waals surface area contributed by atoms with Crippen molar-refractivity contribution >= 4 is 15.9 Å². The summed E-state index contributed by atoms with van der Waals surface area (Å²) in [6.45, 7) is 7.45. The van der Waals surface area contributed by atoms with Crippen LogP contribution in [0, 0.1) is 5.92 Å². The predicted octanol–water partition coefficient (Wildman–Crippen LogP) is 3.03. The van der Waals surface area contributed by atoms with Crippen molar-refractivity contribution in [1.82, 2.24) is 10.2 Å². The van der Waals surface area contributed by atoms with E-state index >= 15 is 0 Å². The van der Waals surface area contributed by atoms with Crippen LogP contribution in [-0.2, 0) is 6.54 Å². The van der Waals surface area contributed by atoms with Gasteiger partial charge in [-0.2, -0.15) is 0 Å². The Morgan fingerprint density at radius 2 is 2.15 bits per heavy atom. The molecule has 3 aliphatic rings. The van der Waals surface area contributed by atoms with E-state index in [-0.39, 0.29) is 0 Å². The topological polar surface area (TPSA) is 24.5 Å². The molecule has 0 aromatic heterocycles. The average molecular weight is 339 g/mol. The first-order valence-corrected chi connectivity index (χ1v) is 8.42. The van der Waals surface area contributed by atoms with Gasteiger partial charge in [0.05, 0.1) is 6.61 Å². The van der Waals surface area contributed by atoms with Crippen molar-refractivity contribution < 1.29 is 4.74 Å². The van der Waals surface area contributed by atoms with Gasteiger partial charge in [-0.05, 0) is 57.0 Å². The van der Waals surface area contributed by atoms with E-state index < -0.39 is 0 Å². The number of ether oxygens (including phenoxy) is 1. The first-order chi connectivity index (χ1) is 9.76. The number of piperidine rings is 3. The van der Waals surface area contributed by atoms with Crippen molar-refractivity contribution in [2.45, 2.75) is 32.4 Å². The Labute approximate surface area is 129 Å². The van der Waals surface area contributed by atoms with Crippen molar-refractivity contribution in [1.29, 1.82) is 0 Å². The minimum atomic E-state index is 0.644. The van der Waals surface area contributed by atoms with E-state index in [4.69, 9.17) is 4.74 Å². The van der Waals surface area contributed by atoms with Gasteiger partial charge in [0.2, 0.25) is 0 Å². The van der Waals surface area contributed by atoms with Crippen LogP contribution in [0.5, 0.6) is 5.75 Å². The highest BCUT2D eigenvalue weighted by Gasteiger charge is 2.33. The SMILES string of the molecule is CCOc1ccc(Br)cc1CN[C@@H]1CN2CCC1CC2.